The molecule has 0 radical (unpaired) electrons. The van der Waals surface area contributed by atoms with E-state index in [9.17, 15) is 0 Å². The van der Waals surface area contributed by atoms with Crippen molar-refractivity contribution in [2.24, 2.45) is 5.92 Å². The Balaban J connectivity index is 1.97. The Morgan fingerprint density at radius 1 is 1.13 bits per heavy atom. The Morgan fingerprint density at radius 2 is 2.00 bits per heavy atom. The normalized spacial score (nSPS) is 28.3. The van der Waals surface area contributed by atoms with E-state index in [0.29, 0.717) is 0 Å². The molecule has 1 saturated carbocycles. The summed E-state index contributed by atoms with van der Waals surface area (Å²) >= 11 is 7.18. The van der Waals surface area contributed by atoms with Crippen LogP contribution in [0.2, 0.25) is 0 Å². The highest BCUT2D eigenvalue weighted by Gasteiger charge is 2.35. The Labute approximate surface area is 107 Å². The molecule has 15 heavy (non-hydrogen) atoms. The lowest BCUT2D eigenvalue weighted by atomic mass is 9.86. The zero-order valence-corrected chi connectivity index (χ0v) is 11.5. The summed E-state index contributed by atoms with van der Waals surface area (Å²) in [4.78, 5) is 0. The van der Waals surface area contributed by atoms with Crippen LogP contribution in [0.4, 0.5) is 0 Å². The fourth-order valence-corrected chi connectivity index (χ4v) is 4.25. The molecule has 0 saturated heterocycles. The number of hydrogen-bond donors (Lipinski definition) is 0. The van der Waals surface area contributed by atoms with E-state index < -0.39 is 0 Å². The standard InChI is InChI=1S/C13H12Br2/c14-10-3-4-11(13(15)7-10)12-6-8-1-2-9(12)5-8/h1,3-4,7,9,12H,2,5-6H2. The molecule has 0 aromatic heterocycles. The smallest absolute Gasteiger partial charge is 0.0221 e. The van der Waals surface area contributed by atoms with Gasteiger partial charge in [-0.15, -0.1) is 0 Å². The van der Waals surface area contributed by atoms with Crippen molar-refractivity contribution in [3.8, 4) is 0 Å². The predicted molar refractivity (Wildman–Crippen MR) is 70.0 cm³/mol. The summed E-state index contributed by atoms with van der Waals surface area (Å²) in [5.41, 5.74) is 3.17. The molecule has 1 fully saturated rings. The molecule has 0 nitrogen and oxygen atoms in total. The van der Waals surface area contributed by atoms with Gasteiger partial charge in [0, 0.05) is 8.95 Å². The summed E-state index contributed by atoms with van der Waals surface area (Å²) in [5.74, 6) is 1.63. The third kappa shape index (κ3) is 1.72. The van der Waals surface area contributed by atoms with Gasteiger partial charge in [-0.25, -0.2) is 0 Å². The van der Waals surface area contributed by atoms with Crippen molar-refractivity contribution in [3.05, 3.63) is 44.4 Å². The molecule has 1 aromatic carbocycles. The Kier molecular flexibility index (Phi) is 2.52. The molecular weight excluding hydrogens is 316 g/mol. The maximum atomic E-state index is 3.68. The molecule has 0 amide bonds. The summed E-state index contributed by atoms with van der Waals surface area (Å²) in [6.45, 7) is 0. The SMILES string of the molecule is Brc1ccc(C2CC3=CCC2C3)c(Br)c1. The summed E-state index contributed by atoms with van der Waals surface area (Å²) in [6.07, 6.45) is 6.36. The zero-order valence-electron chi connectivity index (χ0n) is 8.34. The molecule has 2 atom stereocenters. The fourth-order valence-electron chi connectivity index (χ4n) is 2.91. The van der Waals surface area contributed by atoms with Gasteiger partial charge in [-0.1, -0.05) is 49.6 Å². The lowest BCUT2D eigenvalue weighted by molar-refractivity contribution is 0.495. The third-order valence-electron chi connectivity index (χ3n) is 3.65. The molecule has 0 N–H and O–H groups in total. The number of halogens is 2. The first-order chi connectivity index (χ1) is 7.24. The lowest BCUT2D eigenvalue weighted by Crippen LogP contribution is -2.06. The Bertz CT molecular complexity index is 434. The number of rotatable bonds is 1. The van der Waals surface area contributed by atoms with Crippen molar-refractivity contribution >= 4 is 31.9 Å². The molecule has 2 unspecified atom stereocenters. The summed E-state index contributed by atoms with van der Waals surface area (Å²) in [6, 6.07) is 6.58. The van der Waals surface area contributed by atoms with Crippen LogP contribution in [0.3, 0.4) is 0 Å². The number of benzene rings is 1. The highest BCUT2D eigenvalue weighted by molar-refractivity contribution is 9.11. The van der Waals surface area contributed by atoms with Gasteiger partial charge in [0.15, 0.2) is 0 Å². The Morgan fingerprint density at radius 3 is 2.60 bits per heavy atom. The molecule has 0 spiro atoms. The van der Waals surface area contributed by atoms with Crippen LogP contribution in [0, 0.1) is 5.92 Å². The van der Waals surface area contributed by atoms with E-state index in [4.69, 9.17) is 0 Å². The molecule has 2 heteroatoms. The minimum absolute atomic E-state index is 0.757. The second-order valence-electron chi connectivity index (χ2n) is 4.54. The molecule has 3 rings (SSSR count). The van der Waals surface area contributed by atoms with Gasteiger partial charge < -0.3 is 0 Å². The van der Waals surface area contributed by atoms with Gasteiger partial charge in [0.25, 0.3) is 0 Å². The second kappa shape index (κ2) is 3.74. The average Bonchev–Trinajstić information content (AvgIpc) is 2.78. The van der Waals surface area contributed by atoms with Gasteiger partial charge in [-0.2, -0.15) is 0 Å². The summed E-state index contributed by atoms with van der Waals surface area (Å²) in [5, 5.41) is 0. The van der Waals surface area contributed by atoms with Crippen LogP contribution in [0.1, 0.15) is 30.7 Å². The quantitative estimate of drug-likeness (QED) is 0.634. The monoisotopic (exact) mass is 326 g/mol. The second-order valence-corrected chi connectivity index (χ2v) is 6.31. The number of allylic oxidation sites excluding steroid dienone is 2. The number of fused-ring (bicyclic) bond motifs is 2. The van der Waals surface area contributed by atoms with Crippen molar-refractivity contribution in [2.75, 3.05) is 0 Å². The molecule has 2 aliphatic rings. The van der Waals surface area contributed by atoms with E-state index in [1.165, 1.54) is 29.3 Å². The highest BCUT2D eigenvalue weighted by atomic mass is 79.9. The first kappa shape index (κ1) is 10.1. The van der Waals surface area contributed by atoms with E-state index in [1.807, 2.05) is 0 Å². The molecule has 2 bridgehead atoms. The fraction of sp³-hybridized carbons (Fsp3) is 0.385. The molecule has 0 aliphatic heterocycles. The maximum Gasteiger partial charge on any atom is 0.0221 e. The summed E-state index contributed by atoms with van der Waals surface area (Å²) < 4.78 is 2.41. The zero-order chi connectivity index (χ0) is 10.4. The van der Waals surface area contributed by atoms with Crippen LogP contribution in [0.15, 0.2) is 38.8 Å². The van der Waals surface area contributed by atoms with Crippen LogP contribution in [0.5, 0.6) is 0 Å². The van der Waals surface area contributed by atoms with Crippen LogP contribution in [0.25, 0.3) is 0 Å². The minimum Gasteiger partial charge on any atom is -0.0850 e. The Hall–Kier alpha value is -0.0800. The topological polar surface area (TPSA) is 0 Å². The van der Waals surface area contributed by atoms with Crippen LogP contribution >= 0.6 is 31.9 Å². The van der Waals surface area contributed by atoms with Gasteiger partial charge in [0.2, 0.25) is 0 Å². The van der Waals surface area contributed by atoms with Gasteiger partial charge in [0.1, 0.15) is 0 Å². The van der Waals surface area contributed by atoms with E-state index in [0.717, 1.165) is 16.3 Å². The van der Waals surface area contributed by atoms with Gasteiger partial charge in [-0.05, 0) is 48.8 Å². The van der Waals surface area contributed by atoms with Crippen molar-refractivity contribution in [1.29, 1.82) is 0 Å². The van der Waals surface area contributed by atoms with Gasteiger partial charge >= 0.3 is 0 Å². The van der Waals surface area contributed by atoms with Crippen molar-refractivity contribution < 1.29 is 0 Å². The van der Waals surface area contributed by atoms with E-state index >= 15 is 0 Å². The first-order valence-corrected chi connectivity index (χ1v) is 6.95. The van der Waals surface area contributed by atoms with Crippen LogP contribution in [-0.2, 0) is 0 Å². The van der Waals surface area contributed by atoms with E-state index in [1.54, 1.807) is 5.57 Å². The minimum atomic E-state index is 0.757. The predicted octanol–water partition coefficient (Wildman–Crippen LogP) is 5.04. The van der Waals surface area contributed by atoms with E-state index in [2.05, 4.69) is 56.1 Å². The molecule has 0 heterocycles. The molecule has 1 aromatic rings. The van der Waals surface area contributed by atoms with Crippen molar-refractivity contribution in [1.82, 2.24) is 0 Å². The van der Waals surface area contributed by atoms with Crippen molar-refractivity contribution in [2.45, 2.75) is 25.2 Å². The first-order valence-electron chi connectivity index (χ1n) is 5.37. The number of hydrogen-bond acceptors (Lipinski definition) is 0. The molecule has 78 valence electrons. The largest absolute Gasteiger partial charge is 0.0850 e. The van der Waals surface area contributed by atoms with Gasteiger partial charge in [0.05, 0.1) is 0 Å². The van der Waals surface area contributed by atoms with E-state index in [-0.39, 0.29) is 0 Å². The maximum absolute atomic E-state index is 3.68. The molecule has 2 aliphatic carbocycles. The highest BCUT2D eigenvalue weighted by Crippen LogP contribution is 2.50. The van der Waals surface area contributed by atoms with Crippen LogP contribution < -0.4 is 0 Å². The van der Waals surface area contributed by atoms with Gasteiger partial charge in [-0.3, -0.25) is 0 Å². The summed E-state index contributed by atoms with van der Waals surface area (Å²) in [7, 11) is 0. The lowest BCUT2D eigenvalue weighted by Gasteiger charge is -2.20. The molecular formula is C13H12Br2. The average molecular weight is 328 g/mol. The van der Waals surface area contributed by atoms with Crippen LogP contribution in [-0.4, -0.2) is 0 Å². The van der Waals surface area contributed by atoms with Crippen molar-refractivity contribution in [3.63, 3.8) is 0 Å². The third-order valence-corrected chi connectivity index (χ3v) is 4.83.